The van der Waals surface area contributed by atoms with Crippen LogP contribution in [0.3, 0.4) is 0 Å². The van der Waals surface area contributed by atoms with Crippen LogP contribution in [0.15, 0.2) is 0 Å². The minimum atomic E-state index is -1.60. The lowest BCUT2D eigenvalue weighted by atomic mass is 10.5. The monoisotopic (exact) mass is 230 g/mol. The van der Waals surface area contributed by atoms with E-state index >= 15 is 0 Å². The molecule has 0 fully saturated rings. The molecule has 0 bridgehead atoms. The third-order valence-corrected chi connectivity index (χ3v) is 11.9. The molecule has 0 radical (unpaired) electrons. The summed E-state index contributed by atoms with van der Waals surface area (Å²) < 4.78 is 0. The summed E-state index contributed by atoms with van der Waals surface area (Å²) in [6, 6.07) is 0. The van der Waals surface area contributed by atoms with Gasteiger partial charge in [-0.1, -0.05) is 47.5 Å². The number of hydrogen-bond acceptors (Lipinski definition) is 0. The molecule has 0 rings (SSSR count). The van der Waals surface area contributed by atoms with E-state index in [9.17, 15) is 0 Å². The van der Waals surface area contributed by atoms with E-state index in [4.69, 9.17) is 18.0 Å². The second-order valence-corrected chi connectivity index (χ2v) is 11.8. The minimum absolute atomic E-state index is 0.0394. The van der Waals surface area contributed by atoms with Crippen molar-refractivity contribution in [3.8, 4) is 12.3 Å². The van der Waals surface area contributed by atoms with Gasteiger partial charge in [0.1, 0.15) is 0 Å². The van der Waals surface area contributed by atoms with E-state index in [1.165, 1.54) is 0 Å². The summed E-state index contributed by atoms with van der Waals surface area (Å²) >= 11 is 6.40. The SMILES string of the molecule is C#CC(Cl)[Si](C(C)C)(C(C)C)C(C)C. The summed E-state index contributed by atoms with van der Waals surface area (Å²) in [7, 11) is -1.60. The van der Waals surface area contributed by atoms with E-state index < -0.39 is 8.07 Å². The molecule has 0 aromatic carbocycles. The van der Waals surface area contributed by atoms with Gasteiger partial charge in [0.05, 0.1) is 13.1 Å². The molecule has 0 aromatic heterocycles. The molecule has 1 atom stereocenters. The van der Waals surface area contributed by atoms with Crippen molar-refractivity contribution in [2.24, 2.45) is 0 Å². The number of terminal acetylenes is 1. The molecule has 0 aromatic rings. The first-order valence-electron chi connectivity index (χ1n) is 5.41. The zero-order chi connectivity index (χ0) is 11.5. The van der Waals surface area contributed by atoms with Gasteiger partial charge in [0.2, 0.25) is 0 Å². The molecule has 2 heteroatoms. The lowest BCUT2D eigenvalue weighted by molar-refractivity contribution is 0.807. The van der Waals surface area contributed by atoms with Crippen LogP contribution in [0.25, 0.3) is 0 Å². The van der Waals surface area contributed by atoms with Gasteiger partial charge in [-0.2, -0.15) is 0 Å². The Morgan fingerprint density at radius 1 is 0.929 bits per heavy atom. The van der Waals surface area contributed by atoms with Gasteiger partial charge in [0, 0.05) is 0 Å². The summed E-state index contributed by atoms with van der Waals surface area (Å²) in [5.74, 6) is 2.78. The summed E-state index contributed by atoms with van der Waals surface area (Å²) in [5, 5.41) is -0.0394. The summed E-state index contributed by atoms with van der Waals surface area (Å²) in [6.45, 7) is 13.7. The zero-order valence-corrected chi connectivity index (χ0v) is 12.0. The van der Waals surface area contributed by atoms with Crippen LogP contribution in [-0.4, -0.2) is 13.1 Å². The van der Waals surface area contributed by atoms with Gasteiger partial charge in [-0.15, -0.1) is 18.0 Å². The second kappa shape index (κ2) is 5.23. The van der Waals surface area contributed by atoms with Crippen molar-refractivity contribution in [1.82, 2.24) is 0 Å². The van der Waals surface area contributed by atoms with Gasteiger partial charge in [-0.05, 0) is 16.6 Å². The lowest BCUT2D eigenvalue weighted by Gasteiger charge is -2.44. The molecule has 0 heterocycles. The van der Waals surface area contributed by atoms with Crippen molar-refractivity contribution in [2.45, 2.75) is 63.2 Å². The third-order valence-electron chi connectivity index (χ3n) is 3.59. The first kappa shape index (κ1) is 14.1. The Morgan fingerprint density at radius 2 is 1.21 bits per heavy atom. The number of hydrogen-bond donors (Lipinski definition) is 0. The lowest BCUT2D eigenvalue weighted by Crippen LogP contribution is -2.52. The average Bonchev–Trinajstić information content (AvgIpc) is 2.02. The van der Waals surface area contributed by atoms with Gasteiger partial charge in [0.25, 0.3) is 0 Å². The molecule has 0 saturated carbocycles. The summed E-state index contributed by atoms with van der Waals surface area (Å²) in [6.07, 6.45) is 5.52. The van der Waals surface area contributed by atoms with Crippen LogP contribution in [0.2, 0.25) is 16.6 Å². The minimum Gasteiger partial charge on any atom is -0.119 e. The van der Waals surface area contributed by atoms with Gasteiger partial charge in [-0.25, -0.2) is 0 Å². The standard InChI is InChI=1S/C12H23ClSi/c1-8-12(13)14(9(2)3,10(4)5)11(6)7/h1,9-12H,2-7H3. The van der Waals surface area contributed by atoms with E-state index in [0.717, 1.165) is 0 Å². The Bertz CT molecular complexity index is 191. The molecule has 0 aliphatic carbocycles. The number of halogens is 1. The van der Waals surface area contributed by atoms with E-state index in [-0.39, 0.29) is 5.00 Å². The highest BCUT2D eigenvalue weighted by atomic mass is 35.5. The number of rotatable bonds is 4. The molecular formula is C12H23ClSi. The van der Waals surface area contributed by atoms with Crippen LogP contribution in [0.1, 0.15) is 41.5 Å². The van der Waals surface area contributed by atoms with E-state index in [0.29, 0.717) is 16.6 Å². The molecule has 14 heavy (non-hydrogen) atoms. The molecule has 0 nitrogen and oxygen atoms in total. The van der Waals surface area contributed by atoms with Gasteiger partial charge >= 0.3 is 0 Å². The fourth-order valence-corrected chi connectivity index (χ4v) is 11.3. The maximum atomic E-state index is 6.40. The normalized spacial score (nSPS) is 14.9. The molecule has 0 aliphatic rings. The van der Waals surface area contributed by atoms with E-state index in [1.54, 1.807) is 0 Å². The fourth-order valence-electron chi connectivity index (χ4n) is 3.02. The topological polar surface area (TPSA) is 0 Å². The van der Waals surface area contributed by atoms with Crippen LogP contribution < -0.4 is 0 Å². The second-order valence-electron chi connectivity index (χ2n) is 4.99. The van der Waals surface area contributed by atoms with Crippen molar-refractivity contribution in [3.63, 3.8) is 0 Å². The van der Waals surface area contributed by atoms with Crippen LogP contribution in [0.4, 0.5) is 0 Å². The van der Waals surface area contributed by atoms with Crippen molar-refractivity contribution < 1.29 is 0 Å². The largest absolute Gasteiger partial charge is 0.119 e. The van der Waals surface area contributed by atoms with Crippen molar-refractivity contribution >= 4 is 19.7 Å². The Morgan fingerprint density at radius 3 is 1.29 bits per heavy atom. The molecule has 0 aliphatic heterocycles. The van der Waals surface area contributed by atoms with E-state index in [1.807, 2.05) is 0 Å². The first-order valence-corrected chi connectivity index (χ1v) is 8.16. The Kier molecular flexibility index (Phi) is 5.26. The van der Waals surface area contributed by atoms with Crippen molar-refractivity contribution in [2.75, 3.05) is 0 Å². The average molecular weight is 231 g/mol. The maximum absolute atomic E-state index is 6.40. The molecule has 0 spiro atoms. The van der Waals surface area contributed by atoms with Crippen LogP contribution >= 0.6 is 11.6 Å². The summed E-state index contributed by atoms with van der Waals surface area (Å²) in [4.78, 5) is 0. The quantitative estimate of drug-likeness (QED) is 0.381. The molecule has 0 N–H and O–H groups in total. The predicted octanol–water partition coefficient (Wildman–Crippen LogP) is 4.45. The van der Waals surface area contributed by atoms with Gasteiger partial charge in [-0.3, -0.25) is 0 Å². The Hall–Kier alpha value is 0.0669. The van der Waals surface area contributed by atoms with Crippen LogP contribution in [-0.2, 0) is 0 Å². The Balaban J connectivity index is 5.29. The van der Waals surface area contributed by atoms with Crippen LogP contribution in [0, 0.1) is 12.3 Å². The highest BCUT2D eigenvalue weighted by Gasteiger charge is 2.47. The van der Waals surface area contributed by atoms with Crippen molar-refractivity contribution in [1.29, 1.82) is 0 Å². The smallest absolute Gasteiger partial charge is 0.0967 e. The zero-order valence-electron chi connectivity index (χ0n) is 10.3. The molecule has 0 amide bonds. The van der Waals surface area contributed by atoms with Crippen molar-refractivity contribution in [3.05, 3.63) is 0 Å². The third kappa shape index (κ3) is 2.18. The van der Waals surface area contributed by atoms with Gasteiger partial charge in [0.15, 0.2) is 0 Å². The molecule has 82 valence electrons. The predicted molar refractivity (Wildman–Crippen MR) is 69.5 cm³/mol. The first-order chi connectivity index (χ1) is 6.31. The van der Waals surface area contributed by atoms with E-state index in [2.05, 4.69) is 47.5 Å². The molecule has 0 saturated heterocycles. The Labute approximate surface area is 95.4 Å². The van der Waals surface area contributed by atoms with Gasteiger partial charge < -0.3 is 0 Å². The highest BCUT2D eigenvalue weighted by molar-refractivity contribution is 6.90. The maximum Gasteiger partial charge on any atom is 0.0967 e. The molecular weight excluding hydrogens is 208 g/mol. The highest BCUT2D eigenvalue weighted by Crippen LogP contribution is 2.45. The summed E-state index contributed by atoms with van der Waals surface area (Å²) in [5.41, 5.74) is 1.92. The number of alkyl halides is 1. The van der Waals surface area contributed by atoms with Crippen LogP contribution in [0.5, 0.6) is 0 Å². The fraction of sp³-hybridized carbons (Fsp3) is 0.833. The molecule has 1 unspecified atom stereocenters.